The molecule has 4 saturated carbocycles. The van der Waals surface area contributed by atoms with Gasteiger partial charge >= 0.3 is 6.09 Å². The molecule has 3 aromatic carbocycles. The fourth-order valence-electron chi connectivity index (χ4n) is 11.4. The van der Waals surface area contributed by atoms with Crippen molar-refractivity contribution < 1.29 is 28.8 Å². The molecule has 8 atom stereocenters. The monoisotopic (exact) mass is 723 g/mol. The summed E-state index contributed by atoms with van der Waals surface area (Å²) in [4.78, 5) is 13.0. The second kappa shape index (κ2) is 16.0. The van der Waals surface area contributed by atoms with Crippen LogP contribution in [0.2, 0.25) is 0 Å². The highest BCUT2D eigenvalue weighted by molar-refractivity contribution is 5.67. The second-order valence-corrected chi connectivity index (χ2v) is 17.1. The van der Waals surface area contributed by atoms with Gasteiger partial charge in [-0.3, -0.25) is 0 Å². The van der Waals surface area contributed by atoms with E-state index < -0.39 is 11.7 Å². The molecule has 7 rings (SSSR count). The summed E-state index contributed by atoms with van der Waals surface area (Å²) in [6, 6.07) is 26.0. The molecule has 0 spiro atoms. The Hall–Kier alpha value is -3.55. The number of aliphatic hydroxyl groups excluding tert-OH is 1. The zero-order valence-corrected chi connectivity index (χ0v) is 32.4. The first-order chi connectivity index (χ1) is 25.7. The topological polar surface area (TPSA) is 86.2 Å². The Kier molecular flexibility index (Phi) is 11.4. The van der Waals surface area contributed by atoms with Crippen molar-refractivity contribution in [2.24, 2.45) is 34.5 Å². The van der Waals surface area contributed by atoms with Crippen LogP contribution in [0.3, 0.4) is 0 Å². The molecule has 7 heteroatoms. The normalized spacial score (nSPS) is 29.9. The summed E-state index contributed by atoms with van der Waals surface area (Å²) in [5.41, 5.74) is 2.89. The molecule has 286 valence electrons. The summed E-state index contributed by atoms with van der Waals surface area (Å²) in [6.07, 6.45) is 12.6. The van der Waals surface area contributed by atoms with Gasteiger partial charge < -0.3 is 29.4 Å². The van der Waals surface area contributed by atoms with Gasteiger partial charge in [-0.1, -0.05) is 74.9 Å². The number of ether oxygens (including phenoxy) is 4. The van der Waals surface area contributed by atoms with Crippen LogP contribution < -0.4 is 14.8 Å². The number of rotatable bonds is 13. The van der Waals surface area contributed by atoms with Gasteiger partial charge in [0.2, 0.25) is 0 Å². The Labute approximate surface area is 317 Å². The molecule has 4 fully saturated rings. The number of amides is 1. The highest BCUT2D eigenvalue weighted by atomic mass is 16.6. The Morgan fingerprint density at radius 2 is 1.45 bits per heavy atom. The Morgan fingerprint density at radius 1 is 0.792 bits per heavy atom. The molecule has 0 heterocycles. The van der Waals surface area contributed by atoms with E-state index in [-0.39, 0.29) is 12.2 Å². The number of benzene rings is 3. The van der Waals surface area contributed by atoms with Crippen molar-refractivity contribution in [1.29, 1.82) is 0 Å². The highest BCUT2D eigenvalue weighted by Crippen LogP contribution is 2.66. The largest absolute Gasteiger partial charge is 0.497 e. The van der Waals surface area contributed by atoms with Crippen LogP contribution in [0, 0.1) is 34.5 Å². The SMILES string of the molecule is COc1ccc(C(OCCC(O)CCNC(=O)O[C@@H]2CC[C@]3(C)C(CCC4C5CCC[C@]5(C)CCC43)C2)(c2ccccc2)c2ccc(OC)cc2)cc1. The van der Waals surface area contributed by atoms with E-state index in [0.29, 0.717) is 42.7 Å². The number of fused-ring (bicyclic) bond motifs is 5. The maximum Gasteiger partial charge on any atom is 0.407 e. The van der Waals surface area contributed by atoms with Crippen molar-refractivity contribution in [2.75, 3.05) is 27.4 Å². The number of hydrogen-bond donors (Lipinski definition) is 2. The summed E-state index contributed by atoms with van der Waals surface area (Å²) in [7, 11) is 3.32. The molecule has 0 radical (unpaired) electrons. The van der Waals surface area contributed by atoms with Gasteiger partial charge in [0, 0.05) is 6.54 Å². The van der Waals surface area contributed by atoms with Crippen molar-refractivity contribution in [2.45, 2.75) is 109 Å². The maximum atomic E-state index is 13.0. The Bertz CT molecular complexity index is 1600. The molecule has 1 amide bonds. The van der Waals surface area contributed by atoms with Gasteiger partial charge in [-0.25, -0.2) is 4.79 Å². The van der Waals surface area contributed by atoms with E-state index in [1.807, 2.05) is 66.7 Å². The van der Waals surface area contributed by atoms with Gasteiger partial charge in [0.25, 0.3) is 0 Å². The molecule has 53 heavy (non-hydrogen) atoms. The van der Waals surface area contributed by atoms with E-state index in [4.69, 9.17) is 18.9 Å². The molecule has 0 saturated heterocycles. The number of carbonyl (C=O) groups is 1. The number of hydrogen-bond acceptors (Lipinski definition) is 6. The van der Waals surface area contributed by atoms with Gasteiger partial charge in [0.05, 0.1) is 26.9 Å². The van der Waals surface area contributed by atoms with E-state index in [9.17, 15) is 9.90 Å². The third-order valence-electron chi connectivity index (χ3n) is 14.4. The molecular formula is C46H61NO6. The van der Waals surface area contributed by atoms with Crippen LogP contribution in [0.5, 0.6) is 11.5 Å². The second-order valence-electron chi connectivity index (χ2n) is 17.1. The summed E-state index contributed by atoms with van der Waals surface area (Å²) in [6.45, 7) is 5.79. The molecule has 2 N–H and O–H groups in total. The van der Waals surface area contributed by atoms with Crippen molar-refractivity contribution in [3.05, 3.63) is 95.6 Å². The molecule has 7 nitrogen and oxygen atoms in total. The van der Waals surface area contributed by atoms with Gasteiger partial charge in [0.15, 0.2) is 0 Å². The summed E-state index contributed by atoms with van der Waals surface area (Å²) in [5.74, 6) is 4.82. The Morgan fingerprint density at radius 3 is 2.11 bits per heavy atom. The summed E-state index contributed by atoms with van der Waals surface area (Å²) in [5, 5.41) is 14.0. The molecule has 4 aliphatic rings. The number of nitrogens with one attached hydrogen (secondary N) is 1. The number of aliphatic hydroxyl groups is 1. The lowest BCUT2D eigenvalue weighted by Gasteiger charge is -2.60. The minimum atomic E-state index is -0.940. The highest BCUT2D eigenvalue weighted by Gasteiger charge is 2.58. The molecule has 0 aromatic heterocycles. The standard InChI is InChI=1S/C46H61NO6/c1-44-26-8-11-41(44)40-21-16-35-31-39(22-28-45(35,2)42(40)23-27-44)53-43(49)47-29-24-36(48)25-30-52-46(32-9-6-5-7-10-32,33-12-17-37(50-3)18-13-33)34-14-19-38(51-4)20-15-34/h5-7,9-10,12-15,17-20,35-36,39-42,48H,8,11,16,21-31H2,1-4H3,(H,47,49)/t35?,36?,39-,40?,41?,42?,44-,45-/m1/s1. The number of methoxy groups -OCH3 is 2. The van der Waals surface area contributed by atoms with Crippen molar-refractivity contribution >= 4 is 6.09 Å². The van der Waals surface area contributed by atoms with Gasteiger partial charge in [-0.2, -0.15) is 0 Å². The molecule has 5 unspecified atom stereocenters. The third-order valence-corrected chi connectivity index (χ3v) is 14.4. The number of carbonyl (C=O) groups excluding carboxylic acids is 1. The first-order valence-corrected chi connectivity index (χ1v) is 20.3. The van der Waals surface area contributed by atoms with Crippen molar-refractivity contribution in [1.82, 2.24) is 5.32 Å². The summed E-state index contributed by atoms with van der Waals surface area (Å²) >= 11 is 0. The average molecular weight is 724 g/mol. The third kappa shape index (κ3) is 7.58. The van der Waals surface area contributed by atoms with Crippen LogP contribution in [0.25, 0.3) is 0 Å². The van der Waals surface area contributed by atoms with Crippen molar-refractivity contribution in [3.63, 3.8) is 0 Å². The molecule has 3 aromatic rings. The van der Waals surface area contributed by atoms with E-state index in [2.05, 4.69) is 31.3 Å². The van der Waals surface area contributed by atoms with E-state index in [1.54, 1.807) is 14.2 Å². The lowest BCUT2D eigenvalue weighted by atomic mass is 9.45. The molecule has 0 bridgehead atoms. The van der Waals surface area contributed by atoms with Gasteiger partial charge in [0.1, 0.15) is 23.2 Å². The smallest absolute Gasteiger partial charge is 0.407 e. The fraction of sp³-hybridized carbons (Fsp3) is 0.587. The predicted octanol–water partition coefficient (Wildman–Crippen LogP) is 9.68. The average Bonchev–Trinajstić information content (AvgIpc) is 3.59. The zero-order chi connectivity index (χ0) is 37.1. The van der Waals surface area contributed by atoms with Crippen molar-refractivity contribution in [3.8, 4) is 11.5 Å². The van der Waals surface area contributed by atoms with Crippen LogP contribution in [-0.4, -0.2) is 50.8 Å². The van der Waals surface area contributed by atoms with Crippen LogP contribution in [0.15, 0.2) is 78.9 Å². The minimum absolute atomic E-state index is 0.0229. The molecular weight excluding hydrogens is 663 g/mol. The number of alkyl carbamates (subject to hydrolysis) is 1. The van der Waals surface area contributed by atoms with Gasteiger partial charge in [-0.05, 0) is 146 Å². The first-order valence-electron chi connectivity index (χ1n) is 20.3. The molecule has 0 aliphatic heterocycles. The summed E-state index contributed by atoms with van der Waals surface area (Å²) < 4.78 is 23.8. The van der Waals surface area contributed by atoms with Crippen LogP contribution >= 0.6 is 0 Å². The Balaban J connectivity index is 0.923. The lowest BCUT2D eigenvalue weighted by Crippen LogP contribution is -2.53. The van der Waals surface area contributed by atoms with E-state index in [0.717, 1.165) is 65.2 Å². The first kappa shape index (κ1) is 37.8. The quantitative estimate of drug-likeness (QED) is 0.171. The van der Waals surface area contributed by atoms with Gasteiger partial charge in [-0.15, -0.1) is 0 Å². The van der Waals surface area contributed by atoms with Crippen LogP contribution in [0.1, 0.15) is 108 Å². The van der Waals surface area contributed by atoms with E-state index >= 15 is 0 Å². The van der Waals surface area contributed by atoms with Crippen LogP contribution in [0.4, 0.5) is 4.79 Å². The fourth-order valence-corrected chi connectivity index (χ4v) is 11.4. The van der Waals surface area contributed by atoms with Crippen LogP contribution in [-0.2, 0) is 15.1 Å². The predicted molar refractivity (Wildman–Crippen MR) is 208 cm³/mol. The van der Waals surface area contributed by atoms with E-state index in [1.165, 1.54) is 44.9 Å². The maximum absolute atomic E-state index is 13.0. The molecule has 4 aliphatic carbocycles. The zero-order valence-electron chi connectivity index (χ0n) is 32.4. The minimum Gasteiger partial charge on any atom is -0.497 e. The lowest BCUT2D eigenvalue weighted by molar-refractivity contribution is -0.121.